The molecule has 1 amide bonds. The van der Waals surface area contributed by atoms with E-state index in [1.54, 1.807) is 6.08 Å². The maximum atomic E-state index is 12.6. The first-order valence-corrected chi connectivity index (χ1v) is 35.6. The van der Waals surface area contributed by atoms with Crippen molar-refractivity contribution in [2.24, 2.45) is 0 Å². The van der Waals surface area contributed by atoms with Gasteiger partial charge in [0.1, 0.15) is 0 Å². The molecular weight excluding hydrogens is 943 g/mol. The van der Waals surface area contributed by atoms with Crippen LogP contribution >= 0.6 is 0 Å². The number of aliphatic hydroxyl groups excluding tert-OH is 3. The zero-order valence-corrected chi connectivity index (χ0v) is 52.6. The number of unbranched alkanes of at least 4 members (excludes halogenated alkanes) is 56. The molecular formula is C72H141NO4. The molecule has 77 heavy (non-hydrogen) atoms. The summed E-state index contributed by atoms with van der Waals surface area (Å²) >= 11 is 0. The van der Waals surface area contributed by atoms with Crippen LogP contribution in [0, 0.1) is 0 Å². The Morgan fingerprint density at radius 1 is 0.325 bits per heavy atom. The predicted molar refractivity (Wildman–Crippen MR) is 342 cm³/mol. The first-order chi connectivity index (χ1) is 38.0. The van der Waals surface area contributed by atoms with Gasteiger partial charge in [-0.3, -0.25) is 4.79 Å². The molecule has 0 aliphatic heterocycles. The Labute approximate surface area is 483 Å². The quantitative estimate of drug-likeness (QED) is 0.0361. The monoisotopic (exact) mass is 1080 g/mol. The lowest BCUT2D eigenvalue weighted by Crippen LogP contribution is -2.45. The van der Waals surface area contributed by atoms with Crippen LogP contribution in [0.4, 0.5) is 0 Å². The summed E-state index contributed by atoms with van der Waals surface area (Å²) in [6.07, 6.45) is 88.7. The van der Waals surface area contributed by atoms with E-state index in [1.165, 1.54) is 353 Å². The Hall–Kier alpha value is -1.17. The van der Waals surface area contributed by atoms with Crippen LogP contribution in [0.15, 0.2) is 24.3 Å². The Bertz CT molecular complexity index is 1160. The molecule has 3 atom stereocenters. The molecule has 3 unspecified atom stereocenters. The number of carbonyl (C=O) groups is 1. The van der Waals surface area contributed by atoms with Crippen LogP contribution in [-0.2, 0) is 4.79 Å². The highest BCUT2D eigenvalue weighted by Crippen LogP contribution is 2.19. The fourth-order valence-corrected chi connectivity index (χ4v) is 11.6. The molecule has 4 N–H and O–H groups in total. The van der Waals surface area contributed by atoms with Gasteiger partial charge in [0.15, 0.2) is 0 Å². The van der Waals surface area contributed by atoms with E-state index in [4.69, 9.17) is 0 Å². The summed E-state index contributed by atoms with van der Waals surface area (Å²) in [5, 5.41) is 33.6. The second kappa shape index (κ2) is 67.3. The largest absolute Gasteiger partial charge is 0.394 e. The number of aliphatic hydroxyl groups is 3. The minimum absolute atomic E-state index is 0.0176. The van der Waals surface area contributed by atoms with Gasteiger partial charge in [0.25, 0.3) is 0 Å². The van der Waals surface area contributed by atoms with E-state index >= 15 is 0 Å². The van der Waals surface area contributed by atoms with E-state index in [9.17, 15) is 20.1 Å². The molecule has 0 radical (unpaired) electrons. The number of rotatable bonds is 67. The van der Waals surface area contributed by atoms with Gasteiger partial charge in [-0.25, -0.2) is 0 Å². The predicted octanol–water partition coefficient (Wildman–Crippen LogP) is 23.1. The molecule has 0 bridgehead atoms. The maximum absolute atomic E-state index is 12.6. The van der Waals surface area contributed by atoms with Gasteiger partial charge in [-0.2, -0.15) is 0 Å². The van der Waals surface area contributed by atoms with E-state index in [1.807, 2.05) is 6.08 Å². The lowest BCUT2D eigenvalue weighted by atomic mass is 10.0. The molecule has 0 fully saturated rings. The van der Waals surface area contributed by atoms with Gasteiger partial charge in [-0.15, -0.1) is 0 Å². The molecule has 0 saturated heterocycles. The molecule has 0 heterocycles. The van der Waals surface area contributed by atoms with Gasteiger partial charge in [0.05, 0.1) is 31.3 Å². The zero-order valence-electron chi connectivity index (χ0n) is 52.6. The summed E-state index contributed by atoms with van der Waals surface area (Å²) in [7, 11) is 0. The molecule has 0 spiro atoms. The van der Waals surface area contributed by atoms with Gasteiger partial charge in [0.2, 0.25) is 5.91 Å². The van der Waals surface area contributed by atoms with Crippen LogP contribution in [0.3, 0.4) is 0 Å². The molecule has 0 aromatic carbocycles. The van der Waals surface area contributed by atoms with Crippen LogP contribution in [-0.4, -0.2) is 46.1 Å². The summed E-state index contributed by atoms with van der Waals surface area (Å²) in [6, 6.07) is -0.744. The van der Waals surface area contributed by atoms with Gasteiger partial charge < -0.3 is 20.6 Å². The molecule has 458 valence electrons. The number of amides is 1. The van der Waals surface area contributed by atoms with Crippen LogP contribution in [0.5, 0.6) is 0 Å². The van der Waals surface area contributed by atoms with Crippen LogP contribution in [0.2, 0.25) is 0 Å². The smallest absolute Gasteiger partial charge is 0.222 e. The first kappa shape index (κ1) is 75.8. The van der Waals surface area contributed by atoms with Gasteiger partial charge >= 0.3 is 0 Å². The molecule has 0 saturated carbocycles. The van der Waals surface area contributed by atoms with Crippen molar-refractivity contribution in [3.05, 3.63) is 24.3 Å². The average Bonchev–Trinajstić information content (AvgIpc) is 3.43. The number of carbonyl (C=O) groups excluding carboxylic acids is 1. The van der Waals surface area contributed by atoms with Crippen LogP contribution in [0.1, 0.15) is 406 Å². The van der Waals surface area contributed by atoms with Crippen molar-refractivity contribution in [3.63, 3.8) is 0 Å². The lowest BCUT2D eigenvalue weighted by molar-refractivity contribution is -0.124. The molecule has 0 aliphatic carbocycles. The van der Waals surface area contributed by atoms with Crippen molar-refractivity contribution in [1.29, 1.82) is 0 Å². The molecule has 5 nitrogen and oxygen atoms in total. The average molecular weight is 1080 g/mol. The third-order valence-electron chi connectivity index (χ3n) is 17.0. The first-order valence-electron chi connectivity index (χ1n) is 35.6. The van der Waals surface area contributed by atoms with E-state index in [0.29, 0.717) is 6.42 Å². The number of hydrogen-bond donors (Lipinski definition) is 4. The Balaban J connectivity index is 3.47. The summed E-state index contributed by atoms with van der Waals surface area (Å²) < 4.78 is 0. The summed E-state index contributed by atoms with van der Waals surface area (Å²) in [5.41, 5.74) is 0. The van der Waals surface area contributed by atoms with Crippen molar-refractivity contribution >= 4 is 5.91 Å². The Morgan fingerprint density at radius 2 is 0.545 bits per heavy atom. The van der Waals surface area contributed by atoms with E-state index < -0.39 is 18.2 Å². The fourth-order valence-electron chi connectivity index (χ4n) is 11.6. The highest BCUT2D eigenvalue weighted by Gasteiger charge is 2.20. The second-order valence-corrected chi connectivity index (χ2v) is 24.9. The minimum Gasteiger partial charge on any atom is -0.394 e. The summed E-state index contributed by atoms with van der Waals surface area (Å²) in [6.45, 7) is 4.27. The molecule has 0 aromatic heterocycles. The van der Waals surface area contributed by atoms with Gasteiger partial charge in [-0.1, -0.05) is 378 Å². The Morgan fingerprint density at radius 3 is 0.792 bits per heavy atom. The van der Waals surface area contributed by atoms with Crippen LogP contribution in [0.25, 0.3) is 0 Å². The second-order valence-electron chi connectivity index (χ2n) is 24.9. The number of allylic oxidation sites excluding steroid dienone is 3. The zero-order chi connectivity index (χ0) is 55.7. The van der Waals surface area contributed by atoms with E-state index in [2.05, 4.69) is 31.3 Å². The molecule has 5 heteroatoms. The molecule has 0 rings (SSSR count). The van der Waals surface area contributed by atoms with Crippen molar-refractivity contribution < 1.29 is 20.1 Å². The van der Waals surface area contributed by atoms with Crippen LogP contribution < -0.4 is 5.32 Å². The SMILES string of the molecule is CCCCCCCCCCCCCCCCCCCC/C=C\CCCCCCCCCCCCCCCCCC(O)CC(=O)NC(CO)C(O)/C=C/CCCCCCCCCCCCCCCCCCCCCCCCC. The summed E-state index contributed by atoms with van der Waals surface area (Å²) in [4.78, 5) is 12.6. The van der Waals surface area contributed by atoms with Gasteiger partial charge in [0, 0.05) is 0 Å². The third kappa shape index (κ3) is 63.9. The number of nitrogens with one attached hydrogen (secondary N) is 1. The van der Waals surface area contributed by atoms with Crippen molar-refractivity contribution in [3.8, 4) is 0 Å². The van der Waals surface area contributed by atoms with Crippen molar-refractivity contribution in [2.75, 3.05) is 6.61 Å². The fraction of sp³-hybridized carbons (Fsp3) is 0.931. The highest BCUT2D eigenvalue weighted by molar-refractivity contribution is 5.76. The number of hydrogen-bond acceptors (Lipinski definition) is 4. The normalized spacial score (nSPS) is 13.2. The summed E-state index contributed by atoms with van der Waals surface area (Å²) in [5.74, 6) is -0.307. The Kier molecular flexibility index (Phi) is 66.3. The van der Waals surface area contributed by atoms with Gasteiger partial charge in [-0.05, 0) is 44.9 Å². The van der Waals surface area contributed by atoms with E-state index in [0.717, 1.165) is 25.7 Å². The highest BCUT2D eigenvalue weighted by atomic mass is 16.3. The minimum atomic E-state index is -0.929. The molecule has 0 aliphatic rings. The topological polar surface area (TPSA) is 89.8 Å². The van der Waals surface area contributed by atoms with Crippen molar-refractivity contribution in [2.45, 2.75) is 424 Å². The van der Waals surface area contributed by atoms with E-state index in [-0.39, 0.29) is 18.9 Å². The van der Waals surface area contributed by atoms with Crippen molar-refractivity contribution in [1.82, 2.24) is 5.32 Å². The maximum Gasteiger partial charge on any atom is 0.222 e. The standard InChI is InChI=1S/C72H141NO4/c1-3-5-7-9-11-13-15-17-19-21-23-25-27-29-30-31-32-33-34-35-36-37-38-39-40-42-43-45-47-49-51-53-55-57-59-61-63-65-69(75)67-72(77)73-70(68-74)71(76)66-64-62-60-58-56-54-52-50-48-46-44-41-28-26-24-22-20-18-16-14-12-10-8-6-4-2/h35-36,64,66,69-71,74-76H,3-34,37-63,65,67-68H2,1-2H3,(H,73,77)/b36-35-,66-64+. The third-order valence-corrected chi connectivity index (χ3v) is 17.0. The lowest BCUT2D eigenvalue weighted by Gasteiger charge is -2.21. The molecule has 0 aromatic rings.